The molecule has 1 aromatic rings. The average molecular weight is 295 g/mol. The molecule has 6 heteroatoms. The van der Waals surface area contributed by atoms with Crippen molar-refractivity contribution in [2.24, 2.45) is 5.92 Å². The topological polar surface area (TPSA) is 16.1 Å². The molecular weight excluding hydrogens is 281 g/mol. The van der Waals surface area contributed by atoms with Crippen LogP contribution in [0.5, 0.6) is 0 Å². The zero-order valence-corrected chi connectivity index (χ0v) is 11.5. The number of hydrogen-bond donors (Lipinski definition) is 0. The Morgan fingerprint density at radius 3 is 2.22 bits per heavy atom. The molecule has 100 valence electrons. The van der Waals surface area contributed by atoms with E-state index in [1.807, 2.05) is 7.05 Å². The Labute approximate surface area is 115 Å². The van der Waals surface area contributed by atoms with Gasteiger partial charge in [0.05, 0.1) is 0 Å². The number of aromatic nitrogens is 1. The van der Waals surface area contributed by atoms with Gasteiger partial charge in [0.15, 0.2) is 0 Å². The Balaban J connectivity index is 2.24. The third-order valence-corrected chi connectivity index (χ3v) is 3.77. The van der Waals surface area contributed by atoms with E-state index in [4.69, 9.17) is 23.2 Å². The number of hydrogen-bond acceptors (Lipinski definition) is 2. The summed E-state index contributed by atoms with van der Waals surface area (Å²) in [7, 11) is 1.94. The van der Waals surface area contributed by atoms with Gasteiger partial charge in [0.2, 0.25) is 0 Å². The van der Waals surface area contributed by atoms with E-state index in [1.165, 1.54) is 12.1 Å². The number of rotatable bonds is 2. The first-order chi connectivity index (χ1) is 8.39. The lowest BCUT2D eigenvalue weighted by molar-refractivity contribution is -0.0837. The predicted molar refractivity (Wildman–Crippen MR) is 68.4 cm³/mol. The SMILES string of the molecule is CN1CCC(C(F)(F)c2cc(Cl)nc(Cl)c2)CC1. The maximum atomic E-state index is 14.4. The molecule has 0 atom stereocenters. The van der Waals surface area contributed by atoms with Crippen molar-refractivity contribution in [1.29, 1.82) is 0 Å². The highest BCUT2D eigenvalue weighted by Crippen LogP contribution is 2.42. The highest BCUT2D eigenvalue weighted by Gasteiger charge is 2.42. The summed E-state index contributed by atoms with van der Waals surface area (Å²) in [5.74, 6) is -3.57. The van der Waals surface area contributed by atoms with Crippen molar-refractivity contribution in [3.63, 3.8) is 0 Å². The molecule has 0 aromatic carbocycles. The molecule has 0 bridgehead atoms. The standard InChI is InChI=1S/C12H14Cl2F2N2/c1-18-4-2-8(3-5-18)12(15,16)9-6-10(13)17-11(14)7-9/h6-8H,2-5H2,1H3. The molecule has 0 aliphatic carbocycles. The van der Waals surface area contributed by atoms with Gasteiger partial charge < -0.3 is 4.90 Å². The summed E-state index contributed by atoms with van der Waals surface area (Å²) < 4.78 is 28.7. The molecule has 0 amide bonds. The van der Waals surface area contributed by atoms with Crippen molar-refractivity contribution in [2.75, 3.05) is 20.1 Å². The van der Waals surface area contributed by atoms with Crippen LogP contribution in [0.1, 0.15) is 18.4 Å². The Kier molecular flexibility index (Phi) is 4.09. The van der Waals surface area contributed by atoms with Crippen LogP contribution in [-0.2, 0) is 5.92 Å². The van der Waals surface area contributed by atoms with Gasteiger partial charge >= 0.3 is 0 Å². The maximum Gasteiger partial charge on any atom is 0.276 e. The van der Waals surface area contributed by atoms with Gasteiger partial charge in [-0.2, -0.15) is 0 Å². The fraction of sp³-hybridized carbons (Fsp3) is 0.583. The molecule has 0 saturated carbocycles. The largest absolute Gasteiger partial charge is 0.306 e. The summed E-state index contributed by atoms with van der Waals surface area (Å²) in [5, 5.41) is 0.00945. The monoisotopic (exact) mass is 294 g/mol. The third kappa shape index (κ3) is 2.92. The van der Waals surface area contributed by atoms with Crippen LogP contribution in [0, 0.1) is 5.92 Å². The normalized spacial score (nSPS) is 19.2. The molecule has 1 aliphatic rings. The van der Waals surface area contributed by atoms with Gasteiger partial charge in [-0.15, -0.1) is 0 Å². The zero-order chi connectivity index (χ0) is 13.3. The molecule has 2 nitrogen and oxygen atoms in total. The number of alkyl halides is 2. The van der Waals surface area contributed by atoms with E-state index < -0.39 is 11.8 Å². The first kappa shape index (κ1) is 14.0. The van der Waals surface area contributed by atoms with Crippen LogP contribution >= 0.6 is 23.2 Å². The van der Waals surface area contributed by atoms with Crippen LogP contribution in [0.25, 0.3) is 0 Å². The zero-order valence-electron chi connectivity index (χ0n) is 9.97. The van der Waals surface area contributed by atoms with Crippen LogP contribution in [-0.4, -0.2) is 30.0 Å². The molecule has 2 heterocycles. The fourth-order valence-electron chi connectivity index (χ4n) is 2.26. The van der Waals surface area contributed by atoms with Gasteiger partial charge in [-0.25, -0.2) is 13.8 Å². The Bertz CT molecular complexity index is 412. The molecule has 1 aliphatic heterocycles. The summed E-state index contributed by atoms with van der Waals surface area (Å²) in [4.78, 5) is 5.75. The molecule has 1 aromatic heterocycles. The van der Waals surface area contributed by atoms with Crippen molar-refractivity contribution < 1.29 is 8.78 Å². The van der Waals surface area contributed by atoms with Crippen molar-refractivity contribution in [1.82, 2.24) is 9.88 Å². The van der Waals surface area contributed by atoms with Crippen molar-refractivity contribution in [2.45, 2.75) is 18.8 Å². The van der Waals surface area contributed by atoms with E-state index >= 15 is 0 Å². The van der Waals surface area contributed by atoms with Gasteiger partial charge in [-0.3, -0.25) is 0 Å². The number of halogens is 4. The minimum absolute atomic E-state index is 0.00472. The van der Waals surface area contributed by atoms with E-state index in [-0.39, 0.29) is 15.9 Å². The first-order valence-electron chi connectivity index (χ1n) is 5.79. The molecule has 2 rings (SSSR count). The Morgan fingerprint density at radius 2 is 1.72 bits per heavy atom. The molecule has 0 spiro atoms. The third-order valence-electron chi connectivity index (χ3n) is 3.38. The Morgan fingerprint density at radius 1 is 1.22 bits per heavy atom. The molecule has 18 heavy (non-hydrogen) atoms. The molecule has 1 fully saturated rings. The summed E-state index contributed by atoms with van der Waals surface area (Å²) in [6, 6.07) is 2.40. The van der Waals surface area contributed by atoms with Gasteiger partial charge in [-0.1, -0.05) is 23.2 Å². The van der Waals surface area contributed by atoms with Crippen molar-refractivity contribution >= 4 is 23.2 Å². The maximum absolute atomic E-state index is 14.4. The highest BCUT2D eigenvalue weighted by atomic mass is 35.5. The number of likely N-dealkylation sites (tertiary alicyclic amines) is 1. The summed E-state index contributed by atoms with van der Waals surface area (Å²) in [5.41, 5.74) is -0.137. The second kappa shape index (κ2) is 5.27. The number of pyridine rings is 1. The lowest BCUT2D eigenvalue weighted by atomic mass is 9.87. The summed E-state index contributed by atoms with van der Waals surface area (Å²) >= 11 is 11.4. The molecule has 0 unspecified atom stereocenters. The van der Waals surface area contributed by atoms with E-state index in [0.717, 1.165) is 0 Å². The molecular formula is C12H14Cl2F2N2. The van der Waals surface area contributed by atoms with Gasteiger partial charge in [0, 0.05) is 11.5 Å². The number of piperidine rings is 1. The Hall–Kier alpha value is -0.450. The van der Waals surface area contributed by atoms with Gasteiger partial charge in [0.1, 0.15) is 10.3 Å². The van der Waals surface area contributed by atoms with Crippen molar-refractivity contribution in [3.8, 4) is 0 Å². The highest BCUT2D eigenvalue weighted by molar-refractivity contribution is 6.32. The minimum Gasteiger partial charge on any atom is -0.306 e. The second-order valence-electron chi connectivity index (χ2n) is 4.70. The molecule has 0 N–H and O–H groups in total. The lowest BCUT2D eigenvalue weighted by Crippen LogP contribution is -2.37. The quantitative estimate of drug-likeness (QED) is 0.771. The minimum atomic E-state index is -2.91. The smallest absolute Gasteiger partial charge is 0.276 e. The number of nitrogens with zero attached hydrogens (tertiary/aromatic N) is 2. The van der Waals surface area contributed by atoms with E-state index in [9.17, 15) is 8.78 Å². The van der Waals surface area contributed by atoms with E-state index in [0.29, 0.717) is 25.9 Å². The first-order valence-corrected chi connectivity index (χ1v) is 6.55. The fourth-order valence-corrected chi connectivity index (χ4v) is 2.72. The van der Waals surface area contributed by atoms with Crippen LogP contribution in [0.15, 0.2) is 12.1 Å². The van der Waals surface area contributed by atoms with E-state index in [2.05, 4.69) is 9.88 Å². The summed E-state index contributed by atoms with van der Waals surface area (Å²) in [6.07, 6.45) is 0.947. The molecule has 1 saturated heterocycles. The van der Waals surface area contributed by atoms with Gasteiger partial charge in [0.25, 0.3) is 5.92 Å². The van der Waals surface area contributed by atoms with E-state index in [1.54, 1.807) is 0 Å². The second-order valence-corrected chi connectivity index (χ2v) is 5.48. The van der Waals surface area contributed by atoms with Crippen LogP contribution < -0.4 is 0 Å². The lowest BCUT2D eigenvalue weighted by Gasteiger charge is -2.34. The van der Waals surface area contributed by atoms with Gasteiger partial charge in [-0.05, 0) is 45.1 Å². The van der Waals surface area contributed by atoms with Crippen molar-refractivity contribution in [3.05, 3.63) is 28.0 Å². The van der Waals surface area contributed by atoms with Crippen LogP contribution in [0.4, 0.5) is 8.78 Å². The predicted octanol–water partition coefficient (Wildman–Crippen LogP) is 3.82. The van der Waals surface area contributed by atoms with Crippen LogP contribution in [0.3, 0.4) is 0 Å². The summed E-state index contributed by atoms with van der Waals surface area (Å²) in [6.45, 7) is 1.37. The molecule has 0 radical (unpaired) electrons. The van der Waals surface area contributed by atoms with Crippen LogP contribution in [0.2, 0.25) is 10.3 Å². The average Bonchev–Trinajstić information content (AvgIpc) is 2.28.